The van der Waals surface area contributed by atoms with Crippen LogP contribution in [0.3, 0.4) is 0 Å². The van der Waals surface area contributed by atoms with Gasteiger partial charge >= 0.3 is 0 Å². The Hall–Kier alpha value is -3.96. The molecule has 0 saturated heterocycles. The number of halogens is 1. The summed E-state index contributed by atoms with van der Waals surface area (Å²) in [6.07, 6.45) is 3.73. The quantitative estimate of drug-likeness (QED) is 0.572. The number of nitrogens with zero attached hydrogens (tertiary/aromatic N) is 4. The Morgan fingerprint density at radius 2 is 2.12 bits per heavy atom. The fraction of sp³-hybridized carbons (Fsp3) is 0.174. The summed E-state index contributed by atoms with van der Waals surface area (Å²) in [5.74, 6) is 0.0740. The number of nitrogen functional groups attached to an aromatic ring is 1. The highest BCUT2D eigenvalue weighted by atomic mass is 35.5. The summed E-state index contributed by atoms with van der Waals surface area (Å²) in [6.45, 7) is 2.54. The standard InChI is InChI=1S/C22H18ClN5O.CH2O2/c1-13-4-5-15(18(23)9-13)20-16(10-24)21(25)27-19-6-8-28(12-17(19)20)22(29)14-3-2-7-26-11-14;2-1-3/h2-5,7,9,11H,6,8,12H2,1H3,(H2,25,27);1H,(H,2,3). The average Bonchev–Trinajstić information content (AvgIpc) is 2.79. The Labute approximate surface area is 189 Å². The van der Waals surface area contributed by atoms with Gasteiger partial charge in [-0.2, -0.15) is 5.26 Å². The van der Waals surface area contributed by atoms with E-state index in [0.29, 0.717) is 35.7 Å². The van der Waals surface area contributed by atoms with Gasteiger partial charge in [-0.25, -0.2) is 4.98 Å². The lowest BCUT2D eigenvalue weighted by atomic mass is 9.90. The summed E-state index contributed by atoms with van der Waals surface area (Å²) in [7, 11) is 0. The van der Waals surface area contributed by atoms with Crippen molar-refractivity contribution in [1.82, 2.24) is 14.9 Å². The maximum atomic E-state index is 12.9. The number of amides is 1. The third-order valence-electron chi connectivity index (χ3n) is 5.08. The molecule has 1 aliphatic rings. The molecule has 3 aromatic rings. The lowest BCUT2D eigenvalue weighted by molar-refractivity contribution is -0.122. The van der Waals surface area contributed by atoms with Gasteiger partial charge in [-0.05, 0) is 30.7 Å². The van der Waals surface area contributed by atoms with Crippen molar-refractivity contribution in [3.63, 3.8) is 0 Å². The highest BCUT2D eigenvalue weighted by molar-refractivity contribution is 6.33. The number of carboxylic acid groups (broad SMARTS) is 1. The molecule has 0 radical (unpaired) electrons. The van der Waals surface area contributed by atoms with Gasteiger partial charge in [-0.3, -0.25) is 14.6 Å². The van der Waals surface area contributed by atoms with Crippen LogP contribution >= 0.6 is 11.6 Å². The minimum Gasteiger partial charge on any atom is -0.483 e. The molecule has 0 bridgehead atoms. The van der Waals surface area contributed by atoms with Crippen molar-refractivity contribution in [2.75, 3.05) is 12.3 Å². The largest absolute Gasteiger partial charge is 0.483 e. The molecule has 2 aromatic heterocycles. The minimum atomic E-state index is -0.250. The van der Waals surface area contributed by atoms with E-state index in [1.807, 2.05) is 25.1 Å². The SMILES string of the molecule is Cc1ccc(-c2c(C#N)c(N)nc3c2CN(C(=O)c2cccnc2)CC3)c(Cl)c1.O=CO. The van der Waals surface area contributed by atoms with Gasteiger partial charge in [0.25, 0.3) is 12.4 Å². The van der Waals surface area contributed by atoms with E-state index in [9.17, 15) is 10.1 Å². The highest BCUT2D eigenvalue weighted by Crippen LogP contribution is 2.38. The topological polar surface area (TPSA) is 133 Å². The van der Waals surface area contributed by atoms with Gasteiger partial charge in [0.05, 0.1) is 11.3 Å². The highest BCUT2D eigenvalue weighted by Gasteiger charge is 2.28. The Kier molecular flexibility index (Phi) is 7.03. The van der Waals surface area contributed by atoms with Crippen molar-refractivity contribution in [3.05, 3.63) is 75.7 Å². The van der Waals surface area contributed by atoms with Crippen LogP contribution in [-0.2, 0) is 17.8 Å². The summed E-state index contributed by atoms with van der Waals surface area (Å²) in [4.78, 5) is 31.5. The molecule has 8 nitrogen and oxygen atoms in total. The van der Waals surface area contributed by atoms with E-state index in [1.165, 1.54) is 0 Å². The zero-order valence-electron chi connectivity index (χ0n) is 17.2. The van der Waals surface area contributed by atoms with Crippen molar-refractivity contribution in [1.29, 1.82) is 5.26 Å². The van der Waals surface area contributed by atoms with Crippen molar-refractivity contribution in [2.24, 2.45) is 0 Å². The number of carbonyl (C=O) groups is 2. The number of fused-ring (bicyclic) bond motifs is 1. The second kappa shape index (κ2) is 9.90. The lowest BCUT2D eigenvalue weighted by Gasteiger charge is -2.30. The fourth-order valence-electron chi connectivity index (χ4n) is 3.66. The van der Waals surface area contributed by atoms with Crippen LogP contribution in [0.5, 0.6) is 0 Å². The Balaban J connectivity index is 0.000000913. The fourth-order valence-corrected chi connectivity index (χ4v) is 3.99. The number of pyridine rings is 2. The molecule has 0 fully saturated rings. The summed E-state index contributed by atoms with van der Waals surface area (Å²) in [5.41, 5.74) is 10.9. The molecule has 0 saturated carbocycles. The molecule has 9 heteroatoms. The Morgan fingerprint density at radius 3 is 2.75 bits per heavy atom. The van der Waals surface area contributed by atoms with E-state index >= 15 is 0 Å². The summed E-state index contributed by atoms with van der Waals surface area (Å²) in [5, 5.41) is 17.2. The van der Waals surface area contributed by atoms with E-state index in [4.69, 9.17) is 27.2 Å². The number of benzene rings is 1. The van der Waals surface area contributed by atoms with Crippen molar-refractivity contribution in [3.8, 4) is 17.2 Å². The van der Waals surface area contributed by atoms with Crippen LogP contribution in [-0.4, -0.2) is 38.9 Å². The first kappa shape index (κ1) is 22.7. The monoisotopic (exact) mass is 449 g/mol. The number of aromatic nitrogens is 2. The molecule has 3 heterocycles. The predicted octanol–water partition coefficient (Wildman–Crippen LogP) is 3.46. The molecule has 4 rings (SSSR count). The second-order valence-electron chi connectivity index (χ2n) is 7.09. The maximum Gasteiger partial charge on any atom is 0.290 e. The third kappa shape index (κ3) is 4.53. The average molecular weight is 450 g/mol. The zero-order valence-corrected chi connectivity index (χ0v) is 18.0. The molecule has 0 atom stereocenters. The van der Waals surface area contributed by atoms with Gasteiger partial charge in [-0.1, -0.05) is 23.7 Å². The minimum absolute atomic E-state index is 0.111. The summed E-state index contributed by atoms with van der Waals surface area (Å²) in [6, 6.07) is 11.3. The molecule has 0 unspecified atom stereocenters. The van der Waals surface area contributed by atoms with Gasteiger partial charge in [0.2, 0.25) is 0 Å². The van der Waals surface area contributed by atoms with E-state index < -0.39 is 0 Å². The number of aryl methyl sites for hydroxylation is 1. The van der Waals surface area contributed by atoms with Crippen LogP contribution < -0.4 is 5.73 Å². The van der Waals surface area contributed by atoms with Crippen LogP contribution in [0, 0.1) is 18.3 Å². The predicted molar refractivity (Wildman–Crippen MR) is 120 cm³/mol. The van der Waals surface area contributed by atoms with E-state index in [-0.39, 0.29) is 23.8 Å². The smallest absolute Gasteiger partial charge is 0.290 e. The van der Waals surface area contributed by atoms with Gasteiger partial charge in [0.15, 0.2) is 0 Å². The molecule has 1 aliphatic heterocycles. The molecule has 1 aromatic carbocycles. The first-order valence-corrected chi connectivity index (χ1v) is 10.0. The lowest BCUT2D eigenvalue weighted by Crippen LogP contribution is -2.37. The van der Waals surface area contributed by atoms with Crippen LogP contribution in [0.15, 0.2) is 42.7 Å². The van der Waals surface area contributed by atoms with Gasteiger partial charge in [-0.15, -0.1) is 0 Å². The van der Waals surface area contributed by atoms with E-state index in [1.54, 1.807) is 29.4 Å². The molecule has 32 heavy (non-hydrogen) atoms. The van der Waals surface area contributed by atoms with Crippen molar-refractivity contribution >= 4 is 29.8 Å². The number of hydrogen-bond donors (Lipinski definition) is 2. The van der Waals surface area contributed by atoms with Crippen LogP contribution in [0.4, 0.5) is 5.82 Å². The molecule has 3 N–H and O–H groups in total. The molecular formula is C23H20ClN5O3. The first-order chi connectivity index (χ1) is 15.4. The second-order valence-corrected chi connectivity index (χ2v) is 7.50. The Bertz CT molecular complexity index is 1210. The number of anilines is 1. The van der Waals surface area contributed by atoms with Gasteiger partial charge in [0, 0.05) is 53.6 Å². The molecule has 162 valence electrons. The number of rotatable bonds is 2. The number of hydrogen-bond acceptors (Lipinski definition) is 6. The third-order valence-corrected chi connectivity index (χ3v) is 5.39. The van der Waals surface area contributed by atoms with Crippen LogP contribution in [0.1, 0.15) is 32.7 Å². The molecule has 0 spiro atoms. The number of nitrogens with two attached hydrogens (primary N) is 1. The molecule has 1 amide bonds. The number of nitriles is 1. The van der Waals surface area contributed by atoms with Crippen molar-refractivity contribution in [2.45, 2.75) is 19.9 Å². The normalized spacial score (nSPS) is 12.1. The number of carbonyl (C=O) groups excluding carboxylic acids is 1. The summed E-state index contributed by atoms with van der Waals surface area (Å²) < 4.78 is 0. The van der Waals surface area contributed by atoms with Gasteiger partial charge < -0.3 is 15.7 Å². The summed E-state index contributed by atoms with van der Waals surface area (Å²) >= 11 is 6.52. The van der Waals surface area contributed by atoms with E-state index in [0.717, 1.165) is 22.4 Å². The van der Waals surface area contributed by atoms with Crippen LogP contribution in [0.2, 0.25) is 5.02 Å². The molecular weight excluding hydrogens is 430 g/mol. The maximum absolute atomic E-state index is 12.9. The first-order valence-electron chi connectivity index (χ1n) is 9.66. The zero-order chi connectivity index (χ0) is 23.3. The van der Waals surface area contributed by atoms with Crippen molar-refractivity contribution < 1.29 is 14.7 Å². The molecule has 0 aliphatic carbocycles. The Morgan fingerprint density at radius 1 is 1.38 bits per heavy atom. The van der Waals surface area contributed by atoms with Crippen LogP contribution in [0.25, 0.3) is 11.1 Å². The van der Waals surface area contributed by atoms with Gasteiger partial charge in [0.1, 0.15) is 17.5 Å². The van der Waals surface area contributed by atoms with E-state index in [2.05, 4.69) is 16.0 Å².